The van der Waals surface area contributed by atoms with E-state index in [1.807, 2.05) is 0 Å². The lowest BCUT2D eigenvalue weighted by Gasteiger charge is -2.29. The van der Waals surface area contributed by atoms with Gasteiger partial charge in [-0.15, -0.1) is 0 Å². The van der Waals surface area contributed by atoms with Crippen molar-refractivity contribution in [3.05, 3.63) is 0 Å². The van der Waals surface area contributed by atoms with E-state index in [2.05, 4.69) is 5.32 Å². The van der Waals surface area contributed by atoms with Crippen LogP contribution in [0.3, 0.4) is 0 Å². The molecule has 0 aliphatic carbocycles. The van der Waals surface area contributed by atoms with Gasteiger partial charge in [0.15, 0.2) is 5.78 Å². The maximum Gasteiger partial charge on any atom is 0.345 e. The number of rotatable bonds is 5. The first-order valence-corrected chi connectivity index (χ1v) is 8.14. The number of hydrogen-bond acceptors (Lipinski definition) is 5. The molecular weight excluding hydrogens is 302 g/mol. The Morgan fingerprint density at radius 2 is 2.00 bits per heavy atom. The topological polar surface area (TPSA) is 88.2 Å². The molecule has 0 saturated carbocycles. The predicted molar refractivity (Wildman–Crippen MR) is 79.3 cm³/mol. The van der Waals surface area contributed by atoms with E-state index in [0.717, 1.165) is 6.42 Å². The number of carbonyl (C=O) groups excluding carboxylic acids is 3. The van der Waals surface area contributed by atoms with Crippen molar-refractivity contribution in [2.45, 2.75) is 37.8 Å². The van der Waals surface area contributed by atoms with Crippen LogP contribution in [0, 0.1) is 5.92 Å². The molecule has 8 heteroatoms. The minimum absolute atomic E-state index is 0.0143. The maximum atomic E-state index is 12.4. The van der Waals surface area contributed by atoms with Crippen molar-refractivity contribution in [3.63, 3.8) is 0 Å². The molecule has 3 saturated heterocycles. The monoisotopic (exact) mass is 325 g/mol. The minimum atomic E-state index is -0.513. The van der Waals surface area contributed by atoms with Gasteiger partial charge >= 0.3 is 6.03 Å². The van der Waals surface area contributed by atoms with Gasteiger partial charge in [0, 0.05) is 25.7 Å². The van der Waals surface area contributed by atoms with Crippen molar-refractivity contribution in [1.29, 1.82) is 0 Å². The van der Waals surface area contributed by atoms with Crippen molar-refractivity contribution in [3.8, 4) is 0 Å². The second-order valence-corrected chi connectivity index (χ2v) is 6.26. The van der Waals surface area contributed by atoms with E-state index in [1.54, 1.807) is 0 Å². The van der Waals surface area contributed by atoms with E-state index in [1.165, 1.54) is 17.1 Å². The largest absolute Gasteiger partial charge is 0.381 e. The molecule has 8 nitrogen and oxygen atoms in total. The smallest absolute Gasteiger partial charge is 0.345 e. The molecule has 3 rings (SSSR count). The number of urea groups is 1. The number of hydroxylamine groups is 2. The summed E-state index contributed by atoms with van der Waals surface area (Å²) in [6.45, 7) is 1.73. The van der Waals surface area contributed by atoms with Crippen LogP contribution in [0.25, 0.3) is 0 Å². The van der Waals surface area contributed by atoms with Crippen LogP contribution >= 0.6 is 0 Å². The summed E-state index contributed by atoms with van der Waals surface area (Å²) in [7, 11) is 1.46. The number of ether oxygens (including phenoxy) is 1. The van der Waals surface area contributed by atoms with Gasteiger partial charge in [-0.25, -0.2) is 4.79 Å². The molecule has 3 amide bonds. The second-order valence-electron chi connectivity index (χ2n) is 6.26. The summed E-state index contributed by atoms with van der Waals surface area (Å²) in [4.78, 5) is 43.3. The Bertz CT molecular complexity index is 492. The van der Waals surface area contributed by atoms with Gasteiger partial charge in [0.1, 0.15) is 6.04 Å². The van der Waals surface area contributed by atoms with Crippen molar-refractivity contribution < 1.29 is 24.0 Å². The highest BCUT2D eigenvalue weighted by atomic mass is 16.7. The molecule has 0 spiro atoms. The van der Waals surface area contributed by atoms with Gasteiger partial charge in [-0.1, -0.05) is 0 Å². The highest BCUT2D eigenvalue weighted by Gasteiger charge is 2.47. The molecule has 2 atom stereocenters. The van der Waals surface area contributed by atoms with E-state index < -0.39 is 6.04 Å². The Hall–Kier alpha value is -1.67. The van der Waals surface area contributed by atoms with Gasteiger partial charge < -0.3 is 15.0 Å². The van der Waals surface area contributed by atoms with E-state index >= 15 is 0 Å². The van der Waals surface area contributed by atoms with Crippen LogP contribution in [0.15, 0.2) is 0 Å². The van der Waals surface area contributed by atoms with E-state index in [9.17, 15) is 14.4 Å². The maximum absolute atomic E-state index is 12.4. The van der Waals surface area contributed by atoms with Crippen LogP contribution in [-0.4, -0.2) is 73.2 Å². The number of nitrogens with zero attached hydrogens (tertiary/aromatic N) is 2. The number of piperidine rings is 1. The minimum Gasteiger partial charge on any atom is -0.381 e. The lowest BCUT2D eigenvalue weighted by Crippen LogP contribution is -2.51. The Morgan fingerprint density at radius 3 is 2.70 bits per heavy atom. The highest BCUT2D eigenvalue weighted by Crippen LogP contribution is 2.29. The molecule has 3 aliphatic heterocycles. The van der Waals surface area contributed by atoms with E-state index in [0.29, 0.717) is 39.0 Å². The van der Waals surface area contributed by atoms with Crippen molar-refractivity contribution in [2.75, 3.05) is 33.4 Å². The van der Waals surface area contributed by atoms with Crippen LogP contribution < -0.4 is 5.32 Å². The Labute approximate surface area is 135 Å². The first kappa shape index (κ1) is 16.2. The summed E-state index contributed by atoms with van der Waals surface area (Å²) in [5.41, 5.74) is 0. The molecular formula is C15H23N3O5. The Kier molecular flexibility index (Phi) is 4.82. The Morgan fingerprint density at radius 1 is 1.26 bits per heavy atom. The molecule has 128 valence electrons. The number of Topliss-reactive ketones (excluding diaryl/α,β-unsaturated/α-hetero) is 1. The third-order valence-electron chi connectivity index (χ3n) is 4.94. The zero-order valence-corrected chi connectivity index (χ0v) is 13.3. The first-order valence-electron chi connectivity index (χ1n) is 8.14. The molecule has 0 aromatic heterocycles. The van der Waals surface area contributed by atoms with Crippen LogP contribution in [0.1, 0.15) is 25.7 Å². The van der Waals surface area contributed by atoms with Gasteiger partial charge in [-0.3, -0.25) is 14.4 Å². The molecule has 3 fully saturated rings. The van der Waals surface area contributed by atoms with Crippen LogP contribution in [0.5, 0.6) is 0 Å². The summed E-state index contributed by atoms with van der Waals surface area (Å²) in [6, 6.07) is -0.771. The van der Waals surface area contributed by atoms with Crippen LogP contribution in [-0.2, 0) is 19.2 Å². The molecule has 0 aromatic carbocycles. The second kappa shape index (κ2) is 6.84. The normalized spacial score (nSPS) is 28.1. The summed E-state index contributed by atoms with van der Waals surface area (Å²) < 4.78 is 5.24. The van der Waals surface area contributed by atoms with Crippen molar-refractivity contribution in [2.24, 2.45) is 5.92 Å². The first-order chi connectivity index (χ1) is 11.1. The fourth-order valence-electron chi connectivity index (χ4n) is 3.59. The fraction of sp³-hybridized carbons (Fsp3) is 0.800. The average Bonchev–Trinajstić information content (AvgIpc) is 2.83. The molecule has 2 bridgehead atoms. The summed E-state index contributed by atoms with van der Waals surface area (Å²) in [5, 5.41) is 4.04. The lowest BCUT2D eigenvalue weighted by molar-refractivity contribution is -0.131. The number of carbonyl (C=O) groups is 3. The Balaban J connectivity index is 1.52. The zero-order chi connectivity index (χ0) is 16.4. The summed E-state index contributed by atoms with van der Waals surface area (Å²) >= 11 is 0. The van der Waals surface area contributed by atoms with Crippen LogP contribution in [0.2, 0.25) is 0 Å². The highest BCUT2D eigenvalue weighted by molar-refractivity contribution is 5.92. The summed E-state index contributed by atoms with van der Waals surface area (Å²) in [6.07, 6.45) is 2.75. The van der Waals surface area contributed by atoms with Crippen molar-refractivity contribution >= 4 is 17.7 Å². The third-order valence-corrected chi connectivity index (χ3v) is 4.94. The molecule has 0 aromatic rings. The molecule has 3 heterocycles. The van der Waals surface area contributed by atoms with E-state index in [4.69, 9.17) is 9.57 Å². The van der Waals surface area contributed by atoms with Gasteiger partial charge in [0.25, 0.3) is 0 Å². The third kappa shape index (κ3) is 3.18. The lowest BCUT2D eigenvalue weighted by atomic mass is 9.95. The quantitative estimate of drug-likeness (QED) is 0.764. The van der Waals surface area contributed by atoms with Gasteiger partial charge in [0.2, 0.25) is 5.91 Å². The average molecular weight is 325 g/mol. The van der Waals surface area contributed by atoms with Gasteiger partial charge in [-0.2, -0.15) is 5.06 Å². The number of ketones is 1. The van der Waals surface area contributed by atoms with Crippen molar-refractivity contribution in [1.82, 2.24) is 15.3 Å². The number of nitrogens with one attached hydrogen (secondary N) is 1. The fourth-order valence-corrected chi connectivity index (χ4v) is 3.59. The predicted octanol–water partition coefficient (Wildman–Crippen LogP) is -0.0717. The number of fused-ring (bicyclic) bond motifs is 2. The SMILES string of the molecule is CON1C(=O)N2C[C@H]1CC[C@H]2C(=O)NCC(=O)C1CCOCC1. The molecule has 0 unspecified atom stereocenters. The molecule has 3 aliphatic rings. The summed E-state index contributed by atoms with van der Waals surface area (Å²) in [5.74, 6) is -0.242. The standard InChI is InChI=1S/C15H23N3O5/c1-22-18-11-2-3-12(17(9-11)15(18)21)14(20)16-8-13(19)10-4-6-23-7-5-10/h10-12H,2-9H2,1H3,(H,16,20)/t11-,12+/m1/s1. The number of amides is 3. The van der Waals surface area contributed by atoms with Crippen LogP contribution in [0.4, 0.5) is 4.79 Å². The molecule has 1 N–H and O–H groups in total. The van der Waals surface area contributed by atoms with E-state index in [-0.39, 0.29) is 36.2 Å². The number of hydrogen-bond donors (Lipinski definition) is 1. The zero-order valence-electron chi connectivity index (χ0n) is 13.3. The molecule has 0 radical (unpaired) electrons. The van der Waals surface area contributed by atoms with Gasteiger partial charge in [0.05, 0.1) is 19.7 Å². The van der Waals surface area contributed by atoms with Gasteiger partial charge in [-0.05, 0) is 25.7 Å². The molecule has 23 heavy (non-hydrogen) atoms.